The number of fused-ring (bicyclic) bond motifs is 1. The first-order valence-electron chi connectivity index (χ1n) is 7.35. The molecule has 11 heteroatoms. The Bertz CT molecular complexity index is 1140. The molecule has 0 aliphatic heterocycles. The zero-order valence-corrected chi connectivity index (χ0v) is 14.6. The zero-order chi connectivity index (χ0) is 19.0. The Hall–Kier alpha value is -3.21. The Balaban J connectivity index is 1.81. The van der Waals surface area contributed by atoms with E-state index in [1.807, 2.05) is 0 Å². The molecular weight excluding hydrogens is 362 g/mol. The Morgan fingerprint density at radius 1 is 1.23 bits per heavy atom. The fourth-order valence-electron chi connectivity index (χ4n) is 2.36. The van der Waals surface area contributed by atoms with Crippen molar-refractivity contribution in [1.82, 2.24) is 19.1 Å². The molecule has 134 valence electrons. The van der Waals surface area contributed by atoms with Gasteiger partial charge in [0, 0.05) is 31.8 Å². The zero-order valence-electron chi connectivity index (χ0n) is 13.8. The number of imidazole rings is 1. The summed E-state index contributed by atoms with van der Waals surface area (Å²) in [5, 5.41) is 11.0. The molecule has 10 nitrogen and oxygen atoms in total. The van der Waals surface area contributed by atoms with Gasteiger partial charge in [-0.25, -0.2) is 9.78 Å². The van der Waals surface area contributed by atoms with Crippen LogP contribution in [0, 0.1) is 10.1 Å². The Labute approximate surface area is 149 Å². The number of nitrogens with one attached hydrogen (secondary N) is 1. The predicted octanol–water partition coefficient (Wildman–Crippen LogP) is 0.843. The number of nitro groups is 1. The lowest BCUT2D eigenvalue weighted by atomic mass is 10.1. The number of benzene rings is 1. The van der Waals surface area contributed by atoms with Crippen LogP contribution in [0.15, 0.2) is 39.0 Å². The summed E-state index contributed by atoms with van der Waals surface area (Å²) in [5.41, 5.74) is -0.356. The number of ketones is 1. The summed E-state index contributed by atoms with van der Waals surface area (Å²) in [4.78, 5) is 53.3. The van der Waals surface area contributed by atoms with Gasteiger partial charge in [-0.2, -0.15) is 0 Å². The van der Waals surface area contributed by atoms with E-state index in [0.29, 0.717) is 10.7 Å². The van der Waals surface area contributed by atoms with Gasteiger partial charge in [-0.05, 0) is 12.1 Å². The quantitative estimate of drug-likeness (QED) is 0.302. The van der Waals surface area contributed by atoms with Crippen LogP contribution in [0.4, 0.5) is 5.69 Å². The number of rotatable bonds is 5. The highest BCUT2D eigenvalue weighted by Gasteiger charge is 2.15. The molecule has 1 N–H and O–H groups in total. The van der Waals surface area contributed by atoms with E-state index in [0.717, 1.165) is 16.3 Å². The molecule has 0 bridgehead atoms. The SMILES string of the molecule is Cn1c(=O)c2[nH]c(SCC(=O)c3ccc([N+](=O)[O-])cc3)nc2n(C)c1=O. The molecule has 0 spiro atoms. The molecule has 0 saturated carbocycles. The molecule has 0 fully saturated rings. The summed E-state index contributed by atoms with van der Waals surface area (Å²) < 4.78 is 2.21. The molecular formula is C15H13N5O5S. The van der Waals surface area contributed by atoms with E-state index in [-0.39, 0.29) is 28.4 Å². The topological polar surface area (TPSA) is 133 Å². The van der Waals surface area contributed by atoms with Gasteiger partial charge in [0.25, 0.3) is 11.2 Å². The summed E-state index contributed by atoms with van der Waals surface area (Å²) >= 11 is 1.08. The highest BCUT2D eigenvalue weighted by molar-refractivity contribution is 7.99. The number of non-ortho nitro benzene ring substituents is 1. The van der Waals surface area contributed by atoms with Crippen LogP contribution < -0.4 is 11.2 Å². The number of thioether (sulfide) groups is 1. The van der Waals surface area contributed by atoms with E-state index >= 15 is 0 Å². The number of hydrogen-bond donors (Lipinski definition) is 1. The summed E-state index contributed by atoms with van der Waals surface area (Å²) in [6.45, 7) is 0. The van der Waals surface area contributed by atoms with E-state index in [1.165, 1.54) is 42.9 Å². The molecule has 3 aromatic rings. The van der Waals surface area contributed by atoms with Crippen molar-refractivity contribution < 1.29 is 9.72 Å². The molecule has 0 aliphatic carbocycles. The average molecular weight is 375 g/mol. The minimum Gasteiger partial charge on any atom is -0.327 e. The second-order valence-electron chi connectivity index (χ2n) is 5.46. The normalized spacial score (nSPS) is 11.0. The lowest BCUT2D eigenvalue weighted by molar-refractivity contribution is -0.384. The van der Waals surface area contributed by atoms with E-state index < -0.39 is 16.2 Å². The van der Waals surface area contributed by atoms with Gasteiger partial charge >= 0.3 is 5.69 Å². The molecule has 26 heavy (non-hydrogen) atoms. The first-order chi connectivity index (χ1) is 12.3. The molecule has 0 atom stereocenters. The molecule has 1 aromatic carbocycles. The second-order valence-corrected chi connectivity index (χ2v) is 6.43. The Morgan fingerprint density at radius 3 is 2.50 bits per heavy atom. The largest absolute Gasteiger partial charge is 0.332 e. The molecule has 0 radical (unpaired) electrons. The van der Waals surface area contributed by atoms with Gasteiger partial charge in [-0.15, -0.1) is 0 Å². The van der Waals surface area contributed by atoms with Crippen LogP contribution in [0.1, 0.15) is 10.4 Å². The van der Waals surface area contributed by atoms with Crippen molar-refractivity contribution in [3.05, 3.63) is 60.8 Å². The van der Waals surface area contributed by atoms with Gasteiger partial charge in [-0.1, -0.05) is 11.8 Å². The first-order valence-corrected chi connectivity index (χ1v) is 8.34. The molecule has 3 rings (SSSR count). The number of H-pyrrole nitrogens is 1. The van der Waals surface area contributed by atoms with Crippen LogP contribution in [-0.4, -0.2) is 35.6 Å². The standard InChI is InChI=1S/C15H13N5O5S/c1-18-12-11(13(22)19(2)15(18)23)16-14(17-12)26-7-10(21)8-3-5-9(6-4-8)20(24)25/h3-6H,7H2,1-2H3,(H,16,17). The third-order valence-electron chi connectivity index (χ3n) is 3.81. The minimum atomic E-state index is -0.539. The number of nitrogens with zero attached hydrogens (tertiary/aromatic N) is 4. The van der Waals surface area contributed by atoms with Crippen molar-refractivity contribution in [3.8, 4) is 0 Å². The Kier molecular flexibility index (Phi) is 4.47. The summed E-state index contributed by atoms with van der Waals surface area (Å²) in [5.74, 6) is -0.224. The van der Waals surface area contributed by atoms with Crippen LogP contribution in [0.2, 0.25) is 0 Å². The van der Waals surface area contributed by atoms with Crippen molar-refractivity contribution in [2.45, 2.75) is 5.16 Å². The van der Waals surface area contributed by atoms with Gasteiger partial charge in [0.05, 0.1) is 10.7 Å². The van der Waals surface area contributed by atoms with Gasteiger partial charge < -0.3 is 4.98 Å². The van der Waals surface area contributed by atoms with Gasteiger partial charge in [0.2, 0.25) is 0 Å². The van der Waals surface area contributed by atoms with Crippen molar-refractivity contribution in [2.24, 2.45) is 14.1 Å². The first kappa shape index (κ1) is 17.6. The van der Waals surface area contributed by atoms with E-state index in [4.69, 9.17) is 0 Å². The average Bonchev–Trinajstić information content (AvgIpc) is 3.07. The second kappa shape index (κ2) is 6.59. The predicted molar refractivity (Wildman–Crippen MR) is 94.7 cm³/mol. The van der Waals surface area contributed by atoms with Gasteiger partial charge in [0.15, 0.2) is 22.1 Å². The van der Waals surface area contributed by atoms with Crippen molar-refractivity contribution in [1.29, 1.82) is 0 Å². The van der Waals surface area contributed by atoms with Crippen LogP contribution in [0.25, 0.3) is 11.2 Å². The third kappa shape index (κ3) is 3.04. The van der Waals surface area contributed by atoms with Crippen LogP contribution in [0.5, 0.6) is 0 Å². The lowest BCUT2D eigenvalue weighted by Gasteiger charge is -2.00. The maximum atomic E-state index is 12.2. The number of aromatic nitrogens is 4. The third-order valence-corrected chi connectivity index (χ3v) is 4.69. The molecule has 2 aromatic heterocycles. The molecule has 0 unspecified atom stereocenters. The number of carbonyl (C=O) groups is 1. The fraction of sp³-hybridized carbons (Fsp3) is 0.200. The number of aryl methyl sites for hydroxylation is 1. The lowest BCUT2D eigenvalue weighted by Crippen LogP contribution is -2.36. The van der Waals surface area contributed by atoms with E-state index in [2.05, 4.69) is 9.97 Å². The van der Waals surface area contributed by atoms with Crippen LogP contribution in [0.3, 0.4) is 0 Å². The fourth-order valence-corrected chi connectivity index (χ4v) is 3.12. The van der Waals surface area contributed by atoms with Gasteiger partial charge in [-0.3, -0.25) is 28.8 Å². The number of carbonyl (C=O) groups excluding carboxylic acids is 1. The molecule has 0 aliphatic rings. The summed E-state index contributed by atoms with van der Waals surface area (Å²) in [6, 6.07) is 5.30. The van der Waals surface area contributed by atoms with Crippen LogP contribution >= 0.6 is 11.8 Å². The minimum absolute atomic E-state index is 0.0197. The smallest absolute Gasteiger partial charge is 0.327 e. The molecule has 2 heterocycles. The summed E-state index contributed by atoms with van der Waals surface area (Å²) in [7, 11) is 2.87. The number of Topliss-reactive ketones (excluding diaryl/α,β-unsaturated/α-hetero) is 1. The molecule has 0 amide bonds. The van der Waals surface area contributed by atoms with E-state index in [9.17, 15) is 24.5 Å². The molecule has 0 saturated heterocycles. The van der Waals surface area contributed by atoms with Crippen molar-refractivity contribution in [2.75, 3.05) is 5.75 Å². The number of nitro benzene ring substituents is 1. The van der Waals surface area contributed by atoms with Crippen LogP contribution in [-0.2, 0) is 14.1 Å². The highest BCUT2D eigenvalue weighted by atomic mass is 32.2. The number of hydrogen-bond acceptors (Lipinski definition) is 7. The maximum absolute atomic E-state index is 12.2. The Morgan fingerprint density at radius 2 is 1.88 bits per heavy atom. The summed E-state index contributed by atoms with van der Waals surface area (Å²) in [6.07, 6.45) is 0. The monoisotopic (exact) mass is 375 g/mol. The van der Waals surface area contributed by atoms with Crippen molar-refractivity contribution in [3.63, 3.8) is 0 Å². The van der Waals surface area contributed by atoms with Crippen molar-refractivity contribution >= 4 is 34.4 Å². The number of aromatic amines is 1. The maximum Gasteiger partial charge on any atom is 0.332 e. The van der Waals surface area contributed by atoms with E-state index in [1.54, 1.807) is 0 Å². The highest BCUT2D eigenvalue weighted by Crippen LogP contribution is 2.19. The van der Waals surface area contributed by atoms with Gasteiger partial charge in [0.1, 0.15) is 0 Å².